The Morgan fingerprint density at radius 1 is 0.808 bits per heavy atom. The highest BCUT2D eigenvalue weighted by Gasteiger charge is 2.41. The van der Waals surface area contributed by atoms with Crippen molar-refractivity contribution in [2.24, 2.45) is 5.84 Å². The van der Waals surface area contributed by atoms with Crippen molar-refractivity contribution in [2.75, 3.05) is 0 Å². The van der Waals surface area contributed by atoms with Crippen LogP contribution in [0.5, 0.6) is 0 Å². The summed E-state index contributed by atoms with van der Waals surface area (Å²) in [6.45, 7) is 0. The van der Waals surface area contributed by atoms with E-state index in [1.165, 1.54) is 0 Å². The second-order valence-corrected chi connectivity index (χ2v) is 9.02. The Hall–Kier alpha value is -2.68. The minimum absolute atomic E-state index is 0.338. The van der Waals surface area contributed by atoms with Gasteiger partial charge >= 0.3 is 0 Å². The molecule has 0 bridgehead atoms. The van der Waals surface area contributed by atoms with Crippen molar-refractivity contribution in [1.82, 2.24) is 5.43 Å². The Morgan fingerprint density at radius 3 is 1.65 bits per heavy atom. The van der Waals surface area contributed by atoms with E-state index in [0.717, 1.165) is 5.56 Å². The Balaban J connectivity index is 2.17. The number of benzene rings is 3. The largest absolute Gasteiger partial charge is 0.313 e. The van der Waals surface area contributed by atoms with Gasteiger partial charge < -0.3 is 4.57 Å². The molecule has 1 amide bonds. The molecule has 0 spiro atoms. The Kier molecular flexibility index (Phi) is 5.67. The summed E-state index contributed by atoms with van der Waals surface area (Å²) in [6, 6.07) is 27.9. The van der Waals surface area contributed by atoms with Gasteiger partial charge in [0, 0.05) is 10.6 Å². The third-order valence-corrected chi connectivity index (χ3v) is 7.86. The number of nitrogens with one attached hydrogen (secondary N) is 1. The quantitative estimate of drug-likeness (QED) is 0.306. The van der Waals surface area contributed by atoms with Gasteiger partial charge in [-0.15, -0.1) is 0 Å². The molecule has 0 fully saturated rings. The van der Waals surface area contributed by atoms with E-state index in [-0.39, 0.29) is 0 Å². The van der Waals surface area contributed by atoms with Gasteiger partial charge in [0.15, 0.2) is 7.14 Å². The van der Waals surface area contributed by atoms with E-state index in [0.29, 0.717) is 17.0 Å². The average molecular weight is 364 g/mol. The van der Waals surface area contributed by atoms with Gasteiger partial charge in [-0.3, -0.25) is 10.2 Å². The molecule has 3 aromatic rings. The molecule has 0 saturated carbocycles. The summed E-state index contributed by atoms with van der Waals surface area (Å²) in [6.07, 6.45) is 0.338. The summed E-state index contributed by atoms with van der Waals surface area (Å²) >= 11 is 0. The first-order valence-electron chi connectivity index (χ1n) is 8.41. The first-order chi connectivity index (χ1) is 12.7. The number of hydrogen-bond donors (Lipinski definition) is 2. The predicted molar refractivity (Wildman–Crippen MR) is 106 cm³/mol. The van der Waals surface area contributed by atoms with Crippen LogP contribution in [0, 0.1) is 0 Å². The molecular weight excluding hydrogens is 343 g/mol. The molecular formula is C21H21N2O2P. The van der Waals surface area contributed by atoms with Crippen LogP contribution in [0.4, 0.5) is 0 Å². The molecule has 0 radical (unpaired) electrons. The highest BCUT2D eigenvalue weighted by atomic mass is 31.2. The molecule has 26 heavy (non-hydrogen) atoms. The fourth-order valence-corrected chi connectivity index (χ4v) is 6.25. The Bertz CT molecular complexity index is 856. The molecule has 0 heterocycles. The van der Waals surface area contributed by atoms with Crippen LogP contribution in [0.1, 0.15) is 5.56 Å². The van der Waals surface area contributed by atoms with Gasteiger partial charge in [-0.1, -0.05) is 91.0 Å². The van der Waals surface area contributed by atoms with Crippen LogP contribution >= 0.6 is 7.14 Å². The van der Waals surface area contributed by atoms with Gasteiger partial charge in [0.1, 0.15) is 5.66 Å². The van der Waals surface area contributed by atoms with Crippen molar-refractivity contribution in [3.05, 3.63) is 96.6 Å². The molecule has 0 aliphatic heterocycles. The topological polar surface area (TPSA) is 72.2 Å². The molecule has 1 atom stereocenters. The highest BCUT2D eigenvalue weighted by molar-refractivity contribution is 7.80. The lowest BCUT2D eigenvalue weighted by atomic mass is 10.1. The molecule has 4 nitrogen and oxygen atoms in total. The maximum Gasteiger partial charge on any atom is 0.245 e. The zero-order valence-electron chi connectivity index (χ0n) is 14.3. The zero-order valence-corrected chi connectivity index (χ0v) is 15.2. The number of rotatable bonds is 6. The van der Waals surface area contributed by atoms with Crippen LogP contribution in [-0.4, -0.2) is 11.6 Å². The van der Waals surface area contributed by atoms with Crippen molar-refractivity contribution in [3.63, 3.8) is 0 Å². The summed E-state index contributed by atoms with van der Waals surface area (Å²) in [7, 11) is -3.26. The molecule has 0 aromatic heterocycles. The van der Waals surface area contributed by atoms with E-state index in [1.807, 2.05) is 91.0 Å². The molecule has 3 aromatic carbocycles. The third-order valence-electron chi connectivity index (χ3n) is 4.44. The fraction of sp³-hybridized carbons (Fsp3) is 0.0952. The lowest BCUT2D eigenvalue weighted by Crippen LogP contribution is -2.43. The number of hydrazine groups is 1. The van der Waals surface area contributed by atoms with Gasteiger partial charge in [0.05, 0.1) is 0 Å². The molecule has 132 valence electrons. The third kappa shape index (κ3) is 3.62. The molecule has 0 aliphatic carbocycles. The van der Waals surface area contributed by atoms with Gasteiger partial charge in [-0.25, -0.2) is 5.84 Å². The number of hydrogen-bond acceptors (Lipinski definition) is 3. The van der Waals surface area contributed by atoms with Crippen molar-refractivity contribution in [3.8, 4) is 0 Å². The maximum atomic E-state index is 14.4. The number of carbonyl (C=O) groups excluding carboxylic acids is 1. The van der Waals surface area contributed by atoms with Crippen molar-refractivity contribution >= 4 is 23.7 Å². The Labute approximate surface area is 153 Å². The molecule has 1 unspecified atom stereocenters. The minimum Gasteiger partial charge on any atom is -0.313 e. The molecule has 3 rings (SSSR count). The summed E-state index contributed by atoms with van der Waals surface area (Å²) in [5.74, 6) is 5.03. The molecule has 0 aliphatic rings. The van der Waals surface area contributed by atoms with Gasteiger partial charge in [0.25, 0.3) is 0 Å². The summed E-state index contributed by atoms with van der Waals surface area (Å²) in [5.41, 5.74) is 2.37. The lowest BCUT2D eigenvalue weighted by molar-refractivity contribution is -0.120. The normalized spacial score (nSPS) is 12.3. The molecule has 3 N–H and O–H groups in total. The van der Waals surface area contributed by atoms with Crippen LogP contribution in [0.3, 0.4) is 0 Å². The second-order valence-electron chi connectivity index (χ2n) is 6.04. The van der Waals surface area contributed by atoms with Crippen molar-refractivity contribution in [1.29, 1.82) is 0 Å². The van der Waals surface area contributed by atoms with Crippen LogP contribution < -0.4 is 21.9 Å². The second kappa shape index (κ2) is 8.13. The van der Waals surface area contributed by atoms with Gasteiger partial charge in [0.2, 0.25) is 5.91 Å². The van der Waals surface area contributed by atoms with Crippen molar-refractivity contribution < 1.29 is 9.36 Å². The van der Waals surface area contributed by atoms with Gasteiger partial charge in [-0.05, 0) is 12.0 Å². The smallest absolute Gasteiger partial charge is 0.245 e. The standard InChI is InChI=1S/C21H21N2O2P/c22-23-21(24)20(16-17-10-4-1-5-11-17)26(25,18-12-6-2-7-13-18)19-14-8-3-9-15-19/h1-15,20H,16,22H2,(H,23,24). The first-order valence-corrected chi connectivity index (χ1v) is 10.2. The SMILES string of the molecule is NNC(=O)C(Cc1ccccc1)P(=O)(c1ccccc1)c1ccccc1. The van der Waals surface area contributed by atoms with Crippen LogP contribution in [0.15, 0.2) is 91.0 Å². The number of carbonyl (C=O) groups is 1. The monoisotopic (exact) mass is 364 g/mol. The molecule has 5 heteroatoms. The van der Waals surface area contributed by atoms with Crippen LogP contribution in [0.25, 0.3) is 0 Å². The average Bonchev–Trinajstić information content (AvgIpc) is 2.73. The predicted octanol–water partition coefficient (Wildman–Crippen LogP) is 2.60. The highest BCUT2D eigenvalue weighted by Crippen LogP contribution is 2.49. The van der Waals surface area contributed by atoms with E-state index in [4.69, 9.17) is 5.84 Å². The summed E-state index contributed by atoms with van der Waals surface area (Å²) in [5, 5.41) is 1.30. The van der Waals surface area contributed by atoms with E-state index >= 15 is 0 Å². The Morgan fingerprint density at radius 2 is 1.23 bits per heavy atom. The summed E-state index contributed by atoms with van der Waals surface area (Å²) < 4.78 is 14.4. The van der Waals surface area contributed by atoms with E-state index < -0.39 is 18.7 Å². The fourth-order valence-electron chi connectivity index (χ4n) is 3.13. The first kappa shape index (κ1) is 18.1. The van der Waals surface area contributed by atoms with E-state index in [1.54, 1.807) is 0 Å². The van der Waals surface area contributed by atoms with E-state index in [2.05, 4.69) is 5.43 Å². The lowest BCUT2D eigenvalue weighted by Gasteiger charge is -2.27. The maximum absolute atomic E-state index is 14.4. The van der Waals surface area contributed by atoms with Crippen LogP contribution in [-0.2, 0) is 15.8 Å². The van der Waals surface area contributed by atoms with Crippen LogP contribution in [0.2, 0.25) is 0 Å². The zero-order chi connectivity index (χ0) is 18.4. The number of amides is 1. The summed E-state index contributed by atoms with van der Waals surface area (Å²) in [4.78, 5) is 12.7. The van der Waals surface area contributed by atoms with E-state index in [9.17, 15) is 9.36 Å². The minimum atomic E-state index is -3.26. The molecule has 0 saturated heterocycles. The van der Waals surface area contributed by atoms with Gasteiger partial charge in [-0.2, -0.15) is 0 Å². The van der Waals surface area contributed by atoms with Crippen molar-refractivity contribution in [2.45, 2.75) is 12.1 Å². The number of nitrogens with two attached hydrogens (primary N) is 1.